The molecule has 130 valence electrons. The molecule has 1 rings (SSSR count). The van der Waals surface area contributed by atoms with Gasteiger partial charge in [-0.1, -0.05) is 20.8 Å². The van der Waals surface area contributed by atoms with Gasteiger partial charge in [-0.2, -0.15) is 4.31 Å². The van der Waals surface area contributed by atoms with Gasteiger partial charge in [-0.3, -0.25) is 4.18 Å². The fourth-order valence-electron chi connectivity index (χ4n) is 1.54. The maximum Gasteiger partial charge on any atom is 0.424 e. The van der Waals surface area contributed by atoms with Gasteiger partial charge in [0.05, 0.1) is 19.3 Å². The van der Waals surface area contributed by atoms with Crippen LogP contribution in [0.25, 0.3) is 0 Å². The second kappa shape index (κ2) is 6.58. The second-order valence-corrected chi connectivity index (χ2v) is 13.9. The smallest absolute Gasteiger partial charge is 0.424 e. The summed E-state index contributed by atoms with van der Waals surface area (Å²) in [5.41, 5.74) is -0.644. The van der Waals surface area contributed by atoms with Crippen molar-refractivity contribution in [2.45, 2.75) is 71.3 Å². The predicted octanol–water partition coefficient (Wildman–Crippen LogP) is 3.22. The van der Waals surface area contributed by atoms with E-state index in [4.69, 9.17) is 13.3 Å². The van der Waals surface area contributed by atoms with E-state index in [-0.39, 0.29) is 17.7 Å². The molecule has 1 fully saturated rings. The van der Waals surface area contributed by atoms with Crippen LogP contribution in [0.5, 0.6) is 0 Å². The Morgan fingerprint density at radius 1 is 1.27 bits per heavy atom. The SMILES string of the molecule is CC(C)(C)OC(=O)N1[C@@H](CO[Si](C)(C)C(C)(C)C)COS1=O. The molecule has 0 aliphatic carbocycles. The molecule has 1 amide bonds. The van der Waals surface area contributed by atoms with E-state index in [1.165, 1.54) is 0 Å². The lowest BCUT2D eigenvalue weighted by Crippen LogP contribution is -2.47. The molecule has 0 radical (unpaired) electrons. The first-order valence-electron chi connectivity index (χ1n) is 7.46. The summed E-state index contributed by atoms with van der Waals surface area (Å²) in [6, 6.07) is -0.384. The lowest BCUT2D eigenvalue weighted by Gasteiger charge is -2.37. The van der Waals surface area contributed by atoms with Crippen molar-refractivity contribution in [1.29, 1.82) is 0 Å². The van der Waals surface area contributed by atoms with Crippen molar-refractivity contribution < 1.29 is 22.3 Å². The number of hydrogen-bond donors (Lipinski definition) is 0. The highest BCUT2D eigenvalue weighted by molar-refractivity contribution is 7.78. The normalized spacial score (nSPS) is 23.7. The van der Waals surface area contributed by atoms with Crippen molar-refractivity contribution in [3.63, 3.8) is 0 Å². The Balaban J connectivity index is 2.74. The molecule has 0 spiro atoms. The summed E-state index contributed by atoms with van der Waals surface area (Å²) in [6.45, 7) is 16.5. The summed E-state index contributed by atoms with van der Waals surface area (Å²) < 4.78 is 29.5. The summed E-state index contributed by atoms with van der Waals surface area (Å²) in [5.74, 6) is 0. The second-order valence-electron chi connectivity index (χ2n) is 8.03. The van der Waals surface area contributed by atoms with Gasteiger partial charge < -0.3 is 9.16 Å². The zero-order valence-corrected chi connectivity index (χ0v) is 16.7. The Hall–Kier alpha value is -0.443. The standard InChI is InChI=1S/C14H29NO5SSi/c1-13(2,3)20-12(16)15-11(9-18-21(15)17)10-19-22(7,8)14(4,5)6/h11H,9-10H2,1-8H3/t11-,21?/m1/s1. The highest BCUT2D eigenvalue weighted by atomic mass is 32.2. The molecule has 8 heteroatoms. The van der Waals surface area contributed by atoms with Crippen molar-refractivity contribution in [2.75, 3.05) is 13.2 Å². The van der Waals surface area contributed by atoms with Gasteiger partial charge in [0.25, 0.3) is 11.3 Å². The molecule has 0 aromatic carbocycles. The topological polar surface area (TPSA) is 65.1 Å². The van der Waals surface area contributed by atoms with E-state index >= 15 is 0 Å². The largest absolute Gasteiger partial charge is 0.443 e. The van der Waals surface area contributed by atoms with Crippen LogP contribution in [-0.2, 0) is 24.6 Å². The lowest BCUT2D eigenvalue weighted by molar-refractivity contribution is 0.0328. The van der Waals surface area contributed by atoms with Crippen LogP contribution in [-0.4, -0.2) is 47.8 Å². The van der Waals surface area contributed by atoms with Crippen molar-refractivity contribution in [3.05, 3.63) is 0 Å². The maximum atomic E-state index is 12.2. The minimum Gasteiger partial charge on any atom is -0.443 e. The first-order chi connectivity index (χ1) is 9.74. The van der Waals surface area contributed by atoms with Gasteiger partial charge in [-0.25, -0.2) is 9.00 Å². The predicted molar refractivity (Wildman–Crippen MR) is 89.1 cm³/mol. The monoisotopic (exact) mass is 351 g/mol. The van der Waals surface area contributed by atoms with Gasteiger partial charge in [0.2, 0.25) is 0 Å². The summed E-state index contributed by atoms with van der Waals surface area (Å²) >= 11 is -1.81. The van der Waals surface area contributed by atoms with E-state index in [0.717, 1.165) is 4.31 Å². The number of amides is 1. The molecular weight excluding hydrogens is 322 g/mol. The minimum atomic E-state index is -1.94. The maximum absolute atomic E-state index is 12.2. The van der Waals surface area contributed by atoms with Crippen molar-refractivity contribution in [2.24, 2.45) is 0 Å². The van der Waals surface area contributed by atoms with Crippen molar-refractivity contribution in [3.8, 4) is 0 Å². The van der Waals surface area contributed by atoms with Gasteiger partial charge in [-0.05, 0) is 38.9 Å². The van der Waals surface area contributed by atoms with E-state index in [9.17, 15) is 9.00 Å². The van der Waals surface area contributed by atoms with Crippen LogP contribution < -0.4 is 0 Å². The molecule has 0 N–H and O–H groups in total. The highest BCUT2D eigenvalue weighted by Gasteiger charge is 2.43. The number of carbonyl (C=O) groups excluding carboxylic acids is 1. The Labute approximate surface area is 137 Å². The molecule has 1 heterocycles. The summed E-state index contributed by atoms with van der Waals surface area (Å²) in [6.07, 6.45) is -0.632. The number of carbonyl (C=O) groups is 1. The van der Waals surface area contributed by atoms with E-state index < -0.39 is 31.3 Å². The van der Waals surface area contributed by atoms with Crippen molar-refractivity contribution >= 4 is 25.7 Å². The van der Waals surface area contributed by atoms with E-state index in [1.54, 1.807) is 20.8 Å². The average molecular weight is 352 g/mol. The molecule has 0 aromatic rings. The van der Waals surface area contributed by atoms with Gasteiger partial charge in [0.1, 0.15) is 5.60 Å². The Morgan fingerprint density at radius 2 is 1.82 bits per heavy atom. The van der Waals surface area contributed by atoms with Gasteiger partial charge in [0, 0.05) is 0 Å². The molecule has 1 aliphatic heterocycles. The molecular formula is C14H29NO5SSi. The van der Waals surface area contributed by atoms with E-state index in [1.807, 2.05) is 0 Å². The molecule has 1 aliphatic rings. The van der Waals surface area contributed by atoms with Gasteiger partial charge in [-0.15, -0.1) is 0 Å². The molecule has 2 atom stereocenters. The van der Waals surface area contributed by atoms with Crippen LogP contribution >= 0.6 is 0 Å². The Kier molecular flexibility index (Phi) is 5.87. The fourth-order valence-corrected chi connectivity index (χ4v) is 3.49. The Bertz CT molecular complexity index is 441. The van der Waals surface area contributed by atoms with Crippen LogP contribution in [0.1, 0.15) is 41.5 Å². The molecule has 0 saturated carbocycles. The highest BCUT2D eigenvalue weighted by Crippen LogP contribution is 2.37. The molecule has 0 bridgehead atoms. The van der Waals surface area contributed by atoms with Gasteiger partial charge in [0.15, 0.2) is 8.32 Å². The first kappa shape index (κ1) is 19.6. The third-order valence-corrected chi connectivity index (χ3v) is 9.48. The van der Waals surface area contributed by atoms with Gasteiger partial charge >= 0.3 is 6.09 Å². The van der Waals surface area contributed by atoms with E-state index in [2.05, 4.69) is 33.9 Å². The fraction of sp³-hybridized carbons (Fsp3) is 0.929. The third kappa shape index (κ3) is 5.04. The van der Waals surface area contributed by atoms with Crippen LogP contribution in [0.3, 0.4) is 0 Å². The number of rotatable bonds is 3. The third-order valence-electron chi connectivity index (χ3n) is 3.87. The quantitative estimate of drug-likeness (QED) is 0.731. The first-order valence-corrected chi connectivity index (χ1v) is 11.4. The van der Waals surface area contributed by atoms with Crippen LogP contribution in [0.4, 0.5) is 4.79 Å². The zero-order chi connectivity index (χ0) is 17.3. The number of ether oxygens (including phenoxy) is 1. The lowest BCUT2D eigenvalue weighted by atomic mass is 10.2. The summed E-state index contributed by atoms with van der Waals surface area (Å²) in [4.78, 5) is 12.2. The molecule has 22 heavy (non-hydrogen) atoms. The number of hydrogen-bond acceptors (Lipinski definition) is 5. The van der Waals surface area contributed by atoms with Crippen LogP contribution in [0.15, 0.2) is 0 Å². The minimum absolute atomic E-state index is 0.0718. The van der Waals surface area contributed by atoms with Crippen LogP contribution in [0.2, 0.25) is 18.1 Å². The molecule has 6 nitrogen and oxygen atoms in total. The Morgan fingerprint density at radius 3 is 2.27 bits per heavy atom. The molecule has 1 saturated heterocycles. The zero-order valence-electron chi connectivity index (χ0n) is 14.9. The molecule has 1 unspecified atom stereocenters. The summed E-state index contributed by atoms with van der Waals surface area (Å²) in [5, 5.41) is 0.0718. The number of nitrogens with zero attached hydrogens (tertiary/aromatic N) is 1. The van der Waals surface area contributed by atoms with E-state index in [0.29, 0.717) is 6.61 Å². The molecule has 0 aromatic heterocycles. The summed E-state index contributed by atoms with van der Waals surface area (Å²) in [7, 11) is -1.94. The van der Waals surface area contributed by atoms with Crippen LogP contribution in [0, 0.1) is 0 Å². The van der Waals surface area contributed by atoms with Crippen molar-refractivity contribution in [1.82, 2.24) is 4.31 Å². The average Bonchev–Trinajstić information content (AvgIpc) is 2.64.